The third kappa shape index (κ3) is 3.50. The standard InChI is InChI=1S/C14H17F2NO2/c1-19-14(18)10-4-5-17-12(7-10)6-9-2-3-11(15)8-13(9)16/h2-3,8,10,12,17H,4-7H2,1H3. The van der Waals surface area contributed by atoms with Gasteiger partial charge in [0.1, 0.15) is 11.6 Å². The lowest BCUT2D eigenvalue weighted by molar-refractivity contribution is -0.146. The molecule has 1 aliphatic rings. The molecule has 19 heavy (non-hydrogen) atoms. The minimum atomic E-state index is -0.578. The third-order valence-electron chi connectivity index (χ3n) is 3.51. The quantitative estimate of drug-likeness (QED) is 0.853. The Morgan fingerprint density at radius 1 is 1.47 bits per heavy atom. The van der Waals surface area contributed by atoms with E-state index in [9.17, 15) is 13.6 Å². The molecule has 1 aliphatic heterocycles. The van der Waals surface area contributed by atoms with Crippen LogP contribution < -0.4 is 5.32 Å². The molecule has 1 saturated heterocycles. The van der Waals surface area contributed by atoms with Crippen molar-refractivity contribution in [3.63, 3.8) is 0 Å². The fourth-order valence-corrected chi connectivity index (χ4v) is 2.50. The van der Waals surface area contributed by atoms with Gasteiger partial charge in [0, 0.05) is 12.1 Å². The van der Waals surface area contributed by atoms with Crippen molar-refractivity contribution in [1.82, 2.24) is 5.32 Å². The first kappa shape index (κ1) is 13.9. The zero-order valence-electron chi connectivity index (χ0n) is 10.8. The van der Waals surface area contributed by atoms with E-state index in [0.29, 0.717) is 24.9 Å². The van der Waals surface area contributed by atoms with Gasteiger partial charge in [0.05, 0.1) is 13.0 Å². The molecular weight excluding hydrogens is 252 g/mol. The second kappa shape index (κ2) is 6.10. The molecule has 0 saturated carbocycles. The van der Waals surface area contributed by atoms with E-state index in [2.05, 4.69) is 5.32 Å². The van der Waals surface area contributed by atoms with E-state index in [1.165, 1.54) is 19.2 Å². The Balaban J connectivity index is 2.00. The second-order valence-corrected chi connectivity index (χ2v) is 4.84. The average molecular weight is 269 g/mol. The Labute approximate surface area is 111 Å². The number of halogens is 2. The Morgan fingerprint density at radius 2 is 2.26 bits per heavy atom. The summed E-state index contributed by atoms with van der Waals surface area (Å²) in [5, 5.41) is 3.25. The van der Waals surface area contributed by atoms with Crippen molar-refractivity contribution in [1.29, 1.82) is 0 Å². The van der Waals surface area contributed by atoms with Crippen molar-refractivity contribution >= 4 is 5.97 Å². The number of esters is 1. The molecule has 0 bridgehead atoms. The van der Waals surface area contributed by atoms with Crippen molar-refractivity contribution in [3.8, 4) is 0 Å². The minimum Gasteiger partial charge on any atom is -0.469 e. The van der Waals surface area contributed by atoms with Gasteiger partial charge in [-0.25, -0.2) is 8.78 Å². The maximum absolute atomic E-state index is 13.6. The second-order valence-electron chi connectivity index (χ2n) is 4.84. The fourth-order valence-electron chi connectivity index (χ4n) is 2.50. The molecule has 5 heteroatoms. The van der Waals surface area contributed by atoms with Crippen LogP contribution in [0.2, 0.25) is 0 Å². The van der Waals surface area contributed by atoms with E-state index >= 15 is 0 Å². The van der Waals surface area contributed by atoms with Crippen LogP contribution in [0.1, 0.15) is 18.4 Å². The van der Waals surface area contributed by atoms with Gasteiger partial charge in [0.2, 0.25) is 0 Å². The number of nitrogens with one attached hydrogen (secondary N) is 1. The summed E-state index contributed by atoms with van der Waals surface area (Å²) in [4.78, 5) is 11.5. The van der Waals surface area contributed by atoms with Crippen LogP contribution in [0.15, 0.2) is 18.2 Å². The maximum Gasteiger partial charge on any atom is 0.308 e. The van der Waals surface area contributed by atoms with Gasteiger partial charge in [-0.3, -0.25) is 4.79 Å². The maximum atomic E-state index is 13.6. The number of ether oxygens (including phenoxy) is 1. The summed E-state index contributed by atoms with van der Waals surface area (Å²) >= 11 is 0. The van der Waals surface area contributed by atoms with Crippen LogP contribution in [0.4, 0.5) is 8.78 Å². The summed E-state index contributed by atoms with van der Waals surface area (Å²) in [6, 6.07) is 3.60. The number of carbonyl (C=O) groups excluding carboxylic acids is 1. The van der Waals surface area contributed by atoms with E-state index in [1.54, 1.807) is 0 Å². The third-order valence-corrected chi connectivity index (χ3v) is 3.51. The van der Waals surface area contributed by atoms with Gasteiger partial charge in [0.25, 0.3) is 0 Å². The van der Waals surface area contributed by atoms with Crippen LogP contribution >= 0.6 is 0 Å². The number of benzene rings is 1. The molecule has 1 heterocycles. The first-order chi connectivity index (χ1) is 9.10. The van der Waals surface area contributed by atoms with Gasteiger partial charge < -0.3 is 10.1 Å². The summed E-state index contributed by atoms with van der Waals surface area (Å²) in [5.74, 6) is -1.47. The van der Waals surface area contributed by atoms with E-state index in [1.807, 2.05) is 0 Å². The van der Waals surface area contributed by atoms with E-state index in [0.717, 1.165) is 12.5 Å². The molecule has 3 nitrogen and oxygen atoms in total. The van der Waals surface area contributed by atoms with Crippen LogP contribution in [-0.4, -0.2) is 25.7 Å². The number of hydrogen-bond acceptors (Lipinski definition) is 3. The first-order valence-corrected chi connectivity index (χ1v) is 6.35. The zero-order valence-corrected chi connectivity index (χ0v) is 10.8. The van der Waals surface area contributed by atoms with Crippen molar-refractivity contribution in [2.75, 3.05) is 13.7 Å². The van der Waals surface area contributed by atoms with Gasteiger partial charge in [-0.05, 0) is 37.4 Å². The highest BCUT2D eigenvalue weighted by molar-refractivity contribution is 5.72. The van der Waals surface area contributed by atoms with Crippen LogP contribution in [0, 0.1) is 17.6 Å². The SMILES string of the molecule is COC(=O)C1CCNC(Cc2ccc(F)cc2F)C1. The van der Waals surface area contributed by atoms with Gasteiger partial charge in [-0.15, -0.1) is 0 Å². The summed E-state index contributed by atoms with van der Waals surface area (Å²) in [5.41, 5.74) is 0.462. The number of methoxy groups -OCH3 is 1. The molecule has 2 unspecified atom stereocenters. The fraction of sp³-hybridized carbons (Fsp3) is 0.500. The van der Waals surface area contributed by atoms with Crippen LogP contribution in [-0.2, 0) is 16.0 Å². The van der Waals surface area contributed by atoms with E-state index in [-0.39, 0.29) is 17.9 Å². The number of carbonyl (C=O) groups is 1. The Morgan fingerprint density at radius 3 is 2.95 bits per heavy atom. The largest absolute Gasteiger partial charge is 0.469 e. The highest BCUT2D eigenvalue weighted by Crippen LogP contribution is 2.21. The molecular formula is C14H17F2NO2. The van der Waals surface area contributed by atoms with Gasteiger partial charge in [-0.1, -0.05) is 6.07 Å². The Bertz CT molecular complexity index is 465. The molecule has 1 aromatic rings. The molecule has 1 N–H and O–H groups in total. The molecule has 2 rings (SSSR count). The predicted molar refractivity (Wildman–Crippen MR) is 66.6 cm³/mol. The van der Waals surface area contributed by atoms with Crippen molar-refractivity contribution in [2.45, 2.75) is 25.3 Å². The summed E-state index contributed by atoms with van der Waals surface area (Å²) in [6.07, 6.45) is 1.79. The molecule has 0 aromatic heterocycles. The smallest absolute Gasteiger partial charge is 0.308 e. The molecule has 1 fully saturated rings. The van der Waals surface area contributed by atoms with Crippen LogP contribution in [0.25, 0.3) is 0 Å². The highest BCUT2D eigenvalue weighted by Gasteiger charge is 2.28. The van der Waals surface area contributed by atoms with E-state index < -0.39 is 11.6 Å². The minimum absolute atomic E-state index is 0.0119. The van der Waals surface area contributed by atoms with Crippen LogP contribution in [0.3, 0.4) is 0 Å². The van der Waals surface area contributed by atoms with Crippen LogP contribution in [0.5, 0.6) is 0 Å². The summed E-state index contributed by atoms with van der Waals surface area (Å²) in [7, 11) is 1.37. The monoisotopic (exact) mass is 269 g/mol. The number of rotatable bonds is 3. The molecule has 104 valence electrons. The molecule has 0 aliphatic carbocycles. The first-order valence-electron chi connectivity index (χ1n) is 6.35. The molecule has 0 radical (unpaired) electrons. The topological polar surface area (TPSA) is 38.3 Å². The summed E-state index contributed by atoms with van der Waals surface area (Å²) in [6.45, 7) is 0.702. The number of hydrogen-bond donors (Lipinski definition) is 1. The van der Waals surface area contributed by atoms with Gasteiger partial charge >= 0.3 is 5.97 Å². The van der Waals surface area contributed by atoms with E-state index in [4.69, 9.17) is 4.74 Å². The van der Waals surface area contributed by atoms with Crippen molar-refractivity contribution in [3.05, 3.63) is 35.4 Å². The molecule has 0 spiro atoms. The Hall–Kier alpha value is -1.49. The lowest BCUT2D eigenvalue weighted by Gasteiger charge is -2.29. The predicted octanol–water partition coefficient (Wildman–Crippen LogP) is 2.05. The number of piperidine rings is 1. The van der Waals surface area contributed by atoms with Gasteiger partial charge in [-0.2, -0.15) is 0 Å². The van der Waals surface area contributed by atoms with Crippen molar-refractivity contribution in [2.24, 2.45) is 5.92 Å². The normalized spacial score (nSPS) is 23.1. The molecule has 0 amide bonds. The lowest BCUT2D eigenvalue weighted by Crippen LogP contribution is -2.42. The Kier molecular flexibility index (Phi) is 4.47. The molecule has 1 aromatic carbocycles. The van der Waals surface area contributed by atoms with Gasteiger partial charge in [0.15, 0.2) is 0 Å². The zero-order chi connectivity index (χ0) is 13.8. The van der Waals surface area contributed by atoms with Crippen molar-refractivity contribution < 1.29 is 18.3 Å². The summed E-state index contributed by atoms with van der Waals surface area (Å²) < 4.78 is 31.1. The average Bonchev–Trinajstić information content (AvgIpc) is 2.41. The molecule has 2 atom stereocenters. The highest BCUT2D eigenvalue weighted by atomic mass is 19.1. The lowest BCUT2D eigenvalue weighted by atomic mass is 9.89.